The molecule has 2 rings (SSSR count). The van der Waals surface area contributed by atoms with Gasteiger partial charge in [-0.1, -0.05) is 36.4 Å². The fourth-order valence-electron chi connectivity index (χ4n) is 2.10. The van der Waals surface area contributed by atoms with Crippen molar-refractivity contribution in [3.63, 3.8) is 0 Å². The molecular formula is C17H19F2NO. The van der Waals surface area contributed by atoms with Gasteiger partial charge in [0.2, 0.25) is 0 Å². The normalized spacial score (nSPS) is 10.8. The van der Waals surface area contributed by atoms with E-state index in [1.807, 2.05) is 31.2 Å². The van der Waals surface area contributed by atoms with Crippen molar-refractivity contribution < 1.29 is 13.5 Å². The van der Waals surface area contributed by atoms with E-state index in [-0.39, 0.29) is 6.54 Å². The average molecular weight is 291 g/mol. The third kappa shape index (κ3) is 4.34. The maximum atomic E-state index is 13.5. The summed E-state index contributed by atoms with van der Waals surface area (Å²) < 4.78 is 32.1. The van der Waals surface area contributed by atoms with Gasteiger partial charge in [-0.25, -0.2) is 8.78 Å². The Balaban J connectivity index is 1.95. The van der Waals surface area contributed by atoms with Crippen molar-refractivity contribution in [1.82, 2.24) is 5.32 Å². The molecule has 0 fully saturated rings. The summed E-state index contributed by atoms with van der Waals surface area (Å²) in [4.78, 5) is 0. The van der Waals surface area contributed by atoms with Gasteiger partial charge in [0.15, 0.2) is 11.6 Å². The molecule has 0 saturated carbocycles. The Labute approximate surface area is 123 Å². The number of hydrogen-bond acceptors (Lipinski definition) is 2. The van der Waals surface area contributed by atoms with Crippen LogP contribution in [0.5, 0.6) is 0 Å². The standard InChI is InChI=1S/C17H19F2NO/c1-2-21-12-15-7-4-3-6-13(15)10-20-11-14-8-5-9-16(18)17(14)19/h3-9,20H,2,10-12H2,1H3. The van der Waals surface area contributed by atoms with E-state index >= 15 is 0 Å². The smallest absolute Gasteiger partial charge is 0.163 e. The summed E-state index contributed by atoms with van der Waals surface area (Å²) in [7, 11) is 0. The second kappa shape index (κ2) is 7.86. The second-order valence-electron chi connectivity index (χ2n) is 4.72. The minimum atomic E-state index is -0.814. The zero-order valence-corrected chi connectivity index (χ0v) is 12.0. The predicted octanol–water partition coefficient (Wildman–Crippen LogP) is 3.79. The van der Waals surface area contributed by atoms with Crippen molar-refractivity contribution in [2.75, 3.05) is 6.61 Å². The molecule has 1 N–H and O–H groups in total. The van der Waals surface area contributed by atoms with Crippen LogP contribution >= 0.6 is 0 Å². The molecule has 0 amide bonds. The van der Waals surface area contributed by atoms with Gasteiger partial charge < -0.3 is 10.1 Å². The SMILES string of the molecule is CCOCc1ccccc1CNCc1cccc(F)c1F. The second-order valence-corrected chi connectivity index (χ2v) is 4.72. The highest BCUT2D eigenvalue weighted by molar-refractivity contribution is 5.26. The maximum absolute atomic E-state index is 13.5. The summed E-state index contributed by atoms with van der Waals surface area (Å²) >= 11 is 0. The molecule has 112 valence electrons. The summed E-state index contributed by atoms with van der Waals surface area (Å²) in [5, 5.41) is 3.14. The van der Waals surface area contributed by atoms with Crippen molar-refractivity contribution >= 4 is 0 Å². The lowest BCUT2D eigenvalue weighted by atomic mass is 10.1. The van der Waals surface area contributed by atoms with E-state index in [1.54, 1.807) is 6.07 Å². The molecule has 0 aromatic heterocycles. The number of benzene rings is 2. The van der Waals surface area contributed by atoms with Crippen molar-refractivity contribution in [1.29, 1.82) is 0 Å². The minimum absolute atomic E-state index is 0.284. The average Bonchev–Trinajstić information content (AvgIpc) is 2.50. The van der Waals surface area contributed by atoms with Crippen LogP contribution in [0.4, 0.5) is 8.78 Å². The lowest BCUT2D eigenvalue weighted by molar-refractivity contribution is 0.133. The molecule has 21 heavy (non-hydrogen) atoms. The van der Waals surface area contributed by atoms with Gasteiger partial charge in [0.05, 0.1) is 6.61 Å². The lowest BCUT2D eigenvalue weighted by Crippen LogP contribution is -2.15. The number of halogens is 2. The first-order chi connectivity index (χ1) is 10.2. The Hall–Kier alpha value is -1.78. The molecule has 0 aliphatic heterocycles. The molecule has 0 aliphatic carbocycles. The summed E-state index contributed by atoms with van der Waals surface area (Å²) in [6.45, 7) is 4.04. The topological polar surface area (TPSA) is 21.3 Å². The Morgan fingerprint density at radius 1 is 0.905 bits per heavy atom. The van der Waals surface area contributed by atoms with Crippen molar-refractivity contribution in [2.45, 2.75) is 26.6 Å². The predicted molar refractivity (Wildman–Crippen MR) is 78.7 cm³/mol. The molecule has 4 heteroatoms. The third-order valence-electron chi connectivity index (χ3n) is 3.24. The van der Waals surface area contributed by atoms with Gasteiger partial charge in [-0.2, -0.15) is 0 Å². The molecule has 2 nitrogen and oxygen atoms in total. The van der Waals surface area contributed by atoms with Crippen molar-refractivity contribution in [3.8, 4) is 0 Å². The van der Waals surface area contributed by atoms with E-state index in [0.29, 0.717) is 25.3 Å². The van der Waals surface area contributed by atoms with E-state index in [9.17, 15) is 8.78 Å². The highest BCUT2D eigenvalue weighted by Crippen LogP contribution is 2.13. The van der Waals surface area contributed by atoms with Gasteiger partial charge in [-0.3, -0.25) is 0 Å². The van der Waals surface area contributed by atoms with Crippen LogP contribution in [-0.2, 0) is 24.4 Å². The van der Waals surface area contributed by atoms with Crippen molar-refractivity contribution in [3.05, 3.63) is 70.8 Å². The quantitative estimate of drug-likeness (QED) is 0.838. The first-order valence-corrected chi connectivity index (χ1v) is 7.00. The largest absolute Gasteiger partial charge is 0.377 e. The zero-order chi connectivity index (χ0) is 15.1. The summed E-state index contributed by atoms with van der Waals surface area (Å²) in [6, 6.07) is 12.1. The lowest BCUT2D eigenvalue weighted by Gasteiger charge is -2.11. The zero-order valence-electron chi connectivity index (χ0n) is 12.0. The van der Waals surface area contributed by atoms with Gasteiger partial charge >= 0.3 is 0 Å². The summed E-state index contributed by atoms with van der Waals surface area (Å²) in [5.41, 5.74) is 2.53. The van der Waals surface area contributed by atoms with E-state index in [0.717, 1.165) is 17.2 Å². The molecule has 0 bridgehead atoms. The van der Waals surface area contributed by atoms with Crippen LogP contribution in [0.15, 0.2) is 42.5 Å². The molecule has 0 spiro atoms. The van der Waals surface area contributed by atoms with Gasteiger partial charge in [-0.05, 0) is 24.1 Å². The number of nitrogens with one attached hydrogen (secondary N) is 1. The monoisotopic (exact) mass is 291 g/mol. The Morgan fingerprint density at radius 2 is 1.57 bits per heavy atom. The van der Waals surface area contributed by atoms with Crippen LogP contribution in [0.3, 0.4) is 0 Å². The molecule has 0 heterocycles. The highest BCUT2D eigenvalue weighted by atomic mass is 19.2. The summed E-state index contributed by atoms with van der Waals surface area (Å²) in [5.74, 6) is -1.60. The minimum Gasteiger partial charge on any atom is -0.377 e. The van der Waals surface area contributed by atoms with Crippen LogP contribution in [0.1, 0.15) is 23.6 Å². The number of hydrogen-bond donors (Lipinski definition) is 1. The molecule has 0 aliphatic rings. The third-order valence-corrected chi connectivity index (χ3v) is 3.24. The van der Waals surface area contributed by atoms with Gasteiger partial charge in [0.25, 0.3) is 0 Å². The van der Waals surface area contributed by atoms with Crippen LogP contribution in [0.25, 0.3) is 0 Å². The highest BCUT2D eigenvalue weighted by Gasteiger charge is 2.07. The molecule has 2 aromatic rings. The Bertz CT molecular complexity index is 587. The molecular weight excluding hydrogens is 272 g/mol. The number of ether oxygens (including phenoxy) is 1. The fourth-order valence-corrected chi connectivity index (χ4v) is 2.10. The van der Waals surface area contributed by atoms with Gasteiger partial charge in [0, 0.05) is 25.3 Å². The maximum Gasteiger partial charge on any atom is 0.163 e. The Kier molecular flexibility index (Phi) is 5.84. The van der Waals surface area contributed by atoms with Gasteiger partial charge in [0.1, 0.15) is 0 Å². The molecule has 2 aromatic carbocycles. The van der Waals surface area contributed by atoms with Crippen LogP contribution in [0, 0.1) is 11.6 Å². The number of rotatable bonds is 7. The summed E-state index contributed by atoms with van der Waals surface area (Å²) in [6.07, 6.45) is 0. The van der Waals surface area contributed by atoms with Gasteiger partial charge in [-0.15, -0.1) is 0 Å². The first kappa shape index (κ1) is 15.6. The first-order valence-electron chi connectivity index (χ1n) is 7.00. The van der Waals surface area contributed by atoms with Crippen LogP contribution < -0.4 is 5.32 Å². The van der Waals surface area contributed by atoms with Crippen LogP contribution in [0.2, 0.25) is 0 Å². The van der Waals surface area contributed by atoms with E-state index in [2.05, 4.69) is 5.32 Å². The fraction of sp³-hybridized carbons (Fsp3) is 0.294. The molecule has 0 unspecified atom stereocenters. The Morgan fingerprint density at radius 3 is 2.33 bits per heavy atom. The van der Waals surface area contributed by atoms with E-state index in [1.165, 1.54) is 6.07 Å². The van der Waals surface area contributed by atoms with Crippen LogP contribution in [-0.4, -0.2) is 6.61 Å². The molecule has 0 saturated heterocycles. The molecule has 0 atom stereocenters. The molecule has 0 radical (unpaired) electrons. The van der Waals surface area contributed by atoms with E-state index in [4.69, 9.17) is 4.74 Å². The van der Waals surface area contributed by atoms with Crippen molar-refractivity contribution in [2.24, 2.45) is 0 Å². The van der Waals surface area contributed by atoms with E-state index < -0.39 is 11.6 Å².